The number of benzene rings is 1. The van der Waals surface area contributed by atoms with Gasteiger partial charge in [-0.15, -0.1) is 0 Å². The van der Waals surface area contributed by atoms with E-state index in [-0.39, 0.29) is 24.2 Å². The number of carbonyl (C=O) groups is 2. The van der Waals surface area contributed by atoms with Crippen molar-refractivity contribution in [1.82, 2.24) is 9.80 Å². The minimum atomic E-state index is -0.492. The number of amides is 2. The molecule has 0 spiro atoms. The zero-order valence-electron chi connectivity index (χ0n) is 12.6. The van der Waals surface area contributed by atoms with Crippen LogP contribution >= 0.6 is 0 Å². The Balaban J connectivity index is 1.77. The molecule has 0 unspecified atom stereocenters. The normalized spacial score (nSPS) is 17.1. The quantitative estimate of drug-likeness (QED) is 0.836. The molecule has 0 saturated carbocycles. The van der Waals surface area contributed by atoms with Crippen molar-refractivity contribution in [3.63, 3.8) is 0 Å². The van der Waals surface area contributed by atoms with Crippen LogP contribution in [0.1, 0.15) is 6.92 Å². The van der Waals surface area contributed by atoms with Gasteiger partial charge in [-0.2, -0.15) is 0 Å². The molecule has 6 nitrogen and oxygen atoms in total. The van der Waals surface area contributed by atoms with E-state index >= 15 is 0 Å². The third-order valence-corrected chi connectivity index (χ3v) is 3.57. The lowest BCUT2D eigenvalue weighted by Crippen LogP contribution is -2.53. The topological polar surface area (TPSA) is 78.7 Å². The Bertz CT molecular complexity index is 525. The molecule has 1 heterocycles. The summed E-state index contributed by atoms with van der Waals surface area (Å²) in [5.74, 6) is -0.554. The molecule has 22 heavy (non-hydrogen) atoms. The third-order valence-electron chi connectivity index (χ3n) is 3.57. The van der Waals surface area contributed by atoms with Gasteiger partial charge in [-0.3, -0.25) is 14.5 Å². The number of nitrogens with zero attached hydrogens (tertiary/aromatic N) is 2. The third kappa shape index (κ3) is 4.51. The van der Waals surface area contributed by atoms with Crippen LogP contribution in [0.2, 0.25) is 0 Å². The summed E-state index contributed by atoms with van der Waals surface area (Å²) in [6.45, 7) is 4.33. The van der Waals surface area contributed by atoms with Crippen LogP contribution in [-0.4, -0.2) is 60.4 Å². The zero-order valence-corrected chi connectivity index (χ0v) is 12.6. The predicted octanol–water partition coefficient (Wildman–Crippen LogP) is 0.256. The molecule has 0 aromatic heterocycles. The lowest BCUT2D eigenvalue weighted by atomic mass is 10.2. The Labute approximate surface area is 129 Å². The maximum Gasteiger partial charge on any atom is 0.239 e. The molecule has 1 aromatic rings. The second kappa shape index (κ2) is 7.33. The summed E-state index contributed by atoms with van der Waals surface area (Å²) in [5, 5.41) is 2.72. The minimum Gasteiger partial charge on any atom is -0.339 e. The molecule has 1 aromatic carbocycles. The molecule has 1 atom stereocenters. The maximum absolute atomic E-state index is 12.8. The van der Waals surface area contributed by atoms with Gasteiger partial charge < -0.3 is 16.0 Å². The van der Waals surface area contributed by atoms with Gasteiger partial charge in [0.05, 0.1) is 12.6 Å². The first-order valence-electron chi connectivity index (χ1n) is 7.28. The van der Waals surface area contributed by atoms with Gasteiger partial charge in [0.15, 0.2) is 0 Å². The van der Waals surface area contributed by atoms with Crippen molar-refractivity contribution >= 4 is 17.5 Å². The number of nitrogens with one attached hydrogen (secondary N) is 1. The van der Waals surface area contributed by atoms with E-state index in [1.54, 1.807) is 11.8 Å². The number of anilines is 1. The van der Waals surface area contributed by atoms with Crippen molar-refractivity contribution in [2.24, 2.45) is 5.73 Å². The Hall–Kier alpha value is -1.99. The Morgan fingerprint density at radius 2 is 1.82 bits per heavy atom. The average molecular weight is 308 g/mol. The van der Waals surface area contributed by atoms with E-state index in [9.17, 15) is 14.0 Å². The monoisotopic (exact) mass is 308 g/mol. The number of hydrogen-bond acceptors (Lipinski definition) is 4. The Kier molecular flexibility index (Phi) is 5.46. The van der Waals surface area contributed by atoms with Crippen LogP contribution in [0.3, 0.4) is 0 Å². The van der Waals surface area contributed by atoms with E-state index in [4.69, 9.17) is 5.73 Å². The number of hydrogen-bond donors (Lipinski definition) is 2. The minimum absolute atomic E-state index is 0.0598. The van der Waals surface area contributed by atoms with Crippen molar-refractivity contribution < 1.29 is 14.0 Å². The molecule has 0 aliphatic carbocycles. The summed E-state index contributed by atoms with van der Waals surface area (Å²) in [5.41, 5.74) is 6.15. The van der Waals surface area contributed by atoms with Crippen LogP contribution in [0.25, 0.3) is 0 Å². The van der Waals surface area contributed by atoms with Crippen molar-refractivity contribution in [3.8, 4) is 0 Å². The number of carbonyl (C=O) groups excluding carboxylic acids is 2. The molecule has 3 N–H and O–H groups in total. The SMILES string of the molecule is C[C@@H](N)C(=O)N1CCN(CC(=O)Nc2ccc(F)cc2)CC1. The van der Waals surface area contributed by atoms with Gasteiger partial charge in [-0.25, -0.2) is 4.39 Å². The molecule has 1 aliphatic heterocycles. The van der Waals surface area contributed by atoms with Gasteiger partial charge in [-0.05, 0) is 31.2 Å². The lowest BCUT2D eigenvalue weighted by molar-refractivity contribution is -0.134. The van der Waals surface area contributed by atoms with Crippen LogP contribution < -0.4 is 11.1 Å². The number of piperazine rings is 1. The molecule has 7 heteroatoms. The van der Waals surface area contributed by atoms with E-state index in [2.05, 4.69) is 5.32 Å². The van der Waals surface area contributed by atoms with Crippen molar-refractivity contribution in [2.45, 2.75) is 13.0 Å². The first-order valence-corrected chi connectivity index (χ1v) is 7.28. The molecule has 1 aliphatic rings. The summed E-state index contributed by atoms with van der Waals surface area (Å²) in [6, 6.07) is 5.15. The fourth-order valence-corrected chi connectivity index (χ4v) is 2.35. The highest BCUT2D eigenvalue weighted by Crippen LogP contribution is 2.09. The van der Waals surface area contributed by atoms with Crippen LogP contribution in [-0.2, 0) is 9.59 Å². The van der Waals surface area contributed by atoms with E-state index in [1.165, 1.54) is 24.3 Å². The second-order valence-corrected chi connectivity index (χ2v) is 5.45. The van der Waals surface area contributed by atoms with Gasteiger partial charge in [-0.1, -0.05) is 0 Å². The smallest absolute Gasteiger partial charge is 0.239 e. The molecule has 2 amide bonds. The van der Waals surface area contributed by atoms with Gasteiger partial charge in [0.1, 0.15) is 5.82 Å². The van der Waals surface area contributed by atoms with Gasteiger partial charge in [0.25, 0.3) is 0 Å². The zero-order chi connectivity index (χ0) is 16.1. The van der Waals surface area contributed by atoms with E-state index < -0.39 is 6.04 Å². The van der Waals surface area contributed by atoms with E-state index in [0.29, 0.717) is 31.9 Å². The summed E-state index contributed by atoms with van der Waals surface area (Å²) >= 11 is 0. The van der Waals surface area contributed by atoms with Gasteiger partial charge >= 0.3 is 0 Å². The highest BCUT2D eigenvalue weighted by Gasteiger charge is 2.23. The van der Waals surface area contributed by atoms with Crippen LogP contribution in [0.15, 0.2) is 24.3 Å². The fraction of sp³-hybridized carbons (Fsp3) is 0.467. The molecule has 1 saturated heterocycles. The molecular weight excluding hydrogens is 287 g/mol. The standard InChI is InChI=1S/C15H21FN4O2/c1-11(17)15(22)20-8-6-19(7-9-20)10-14(21)18-13-4-2-12(16)3-5-13/h2-5,11H,6-10,17H2,1H3,(H,18,21)/t11-/m1/s1. The van der Waals surface area contributed by atoms with Crippen molar-refractivity contribution in [3.05, 3.63) is 30.1 Å². The summed E-state index contributed by atoms with van der Waals surface area (Å²) in [4.78, 5) is 27.4. The molecule has 0 bridgehead atoms. The number of rotatable bonds is 4. The Morgan fingerprint density at radius 3 is 2.36 bits per heavy atom. The summed E-state index contributed by atoms with van der Waals surface area (Å²) in [7, 11) is 0. The van der Waals surface area contributed by atoms with Crippen LogP contribution in [0.5, 0.6) is 0 Å². The number of halogens is 1. The predicted molar refractivity (Wildman–Crippen MR) is 81.7 cm³/mol. The average Bonchev–Trinajstić information content (AvgIpc) is 2.49. The lowest BCUT2D eigenvalue weighted by Gasteiger charge is -2.35. The molecule has 1 fully saturated rings. The van der Waals surface area contributed by atoms with E-state index in [0.717, 1.165) is 0 Å². The van der Waals surface area contributed by atoms with E-state index in [1.807, 2.05) is 4.90 Å². The summed E-state index contributed by atoms with van der Waals surface area (Å²) in [6.07, 6.45) is 0. The second-order valence-electron chi connectivity index (χ2n) is 5.45. The maximum atomic E-state index is 12.8. The molecule has 2 rings (SSSR count). The van der Waals surface area contributed by atoms with Crippen LogP contribution in [0, 0.1) is 5.82 Å². The van der Waals surface area contributed by atoms with Crippen molar-refractivity contribution in [2.75, 3.05) is 38.0 Å². The highest BCUT2D eigenvalue weighted by atomic mass is 19.1. The summed E-state index contributed by atoms with van der Waals surface area (Å²) < 4.78 is 12.8. The van der Waals surface area contributed by atoms with Gasteiger partial charge in [0, 0.05) is 31.9 Å². The highest BCUT2D eigenvalue weighted by molar-refractivity contribution is 5.92. The van der Waals surface area contributed by atoms with Gasteiger partial charge in [0.2, 0.25) is 11.8 Å². The van der Waals surface area contributed by atoms with Crippen LogP contribution in [0.4, 0.5) is 10.1 Å². The first kappa shape index (κ1) is 16.4. The largest absolute Gasteiger partial charge is 0.339 e. The number of nitrogens with two attached hydrogens (primary N) is 1. The molecule has 120 valence electrons. The fourth-order valence-electron chi connectivity index (χ4n) is 2.35. The Morgan fingerprint density at radius 1 is 1.23 bits per heavy atom. The molecule has 0 radical (unpaired) electrons. The first-order chi connectivity index (χ1) is 10.5. The molecular formula is C15H21FN4O2. The van der Waals surface area contributed by atoms with Crippen molar-refractivity contribution in [1.29, 1.82) is 0 Å².